The SMILES string of the molecule is O=C(CNC1CCCC1)c1ccccc1OC(F)(F)F. The summed E-state index contributed by atoms with van der Waals surface area (Å²) in [5.74, 6) is -0.838. The minimum Gasteiger partial charge on any atom is -0.405 e. The Labute approximate surface area is 115 Å². The molecular formula is C14H16F3NO2. The Morgan fingerprint density at radius 3 is 2.55 bits per heavy atom. The minimum absolute atomic E-state index is 0.0307. The van der Waals surface area contributed by atoms with E-state index in [1.165, 1.54) is 18.2 Å². The summed E-state index contributed by atoms with van der Waals surface area (Å²) in [5.41, 5.74) is -0.0460. The lowest BCUT2D eigenvalue weighted by molar-refractivity contribution is -0.274. The molecule has 0 saturated heterocycles. The Kier molecular flexibility index (Phi) is 4.65. The molecule has 1 saturated carbocycles. The molecule has 0 bridgehead atoms. The van der Waals surface area contributed by atoms with Gasteiger partial charge in [0.1, 0.15) is 5.75 Å². The van der Waals surface area contributed by atoms with Crippen LogP contribution < -0.4 is 10.1 Å². The fourth-order valence-corrected chi connectivity index (χ4v) is 2.37. The highest BCUT2D eigenvalue weighted by molar-refractivity contribution is 6.00. The van der Waals surface area contributed by atoms with E-state index in [1.54, 1.807) is 0 Å². The molecule has 20 heavy (non-hydrogen) atoms. The standard InChI is InChI=1S/C14H16F3NO2/c15-14(16,17)20-13-8-4-3-7-11(13)12(19)9-18-10-5-1-2-6-10/h3-4,7-8,10,18H,1-2,5-6,9H2. The van der Waals surface area contributed by atoms with Gasteiger partial charge in [0.2, 0.25) is 0 Å². The van der Waals surface area contributed by atoms with Gasteiger partial charge in [-0.3, -0.25) is 4.79 Å². The number of hydrogen-bond donors (Lipinski definition) is 1. The first-order chi connectivity index (χ1) is 9.46. The molecule has 6 heteroatoms. The first kappa shape index (κ1) is 14.8. The Morgan fingerprint density at radius 2 is 1.90 bits per heavy atom. The summed E-state index contributed by atoms with van der Waals surface area (Å²) in [6.07, 6.45) is -0.531. The predicted molar refractivity (Wildman–Crippen MR) is 67.7 cm³/mol. The maximum absolute atomic E-state index is 12.3. The first-order valence-corrected chi connectivity index (χ1v) is 6.57. The number of ketones is 1. The van der Waals surface area contributed by atoms with Gasteiger partial charge in [-0.15, -0.1) is 13.2 Å². The van der Waals surface area contributed by atoms with Gasteiger partial charge in [-0.2, -0.15) is 0 Å². The van der Waals surface area contributed by atoms with Crippen LogP contribution in [0.3, 0.4) is 0 Å². The van der Waals surface area contributed by atoms with Crippen LogP contribution in [0, 0.1) is 0 Å². The quantitative estimate of drug-likeness (QED) is 0.844. The van der Waals surface area contributed by atoms with Gasteiger partial charge in [-0.1, -0.05) is 25.0 Å². The molecule has 1 aromatic rings. The zero-order chi connectivity index (χ0) is 14.6. The molecule has 1 fully saturated rings. The molecule has 0 atom stereocenters. The number of alkyl halides is 3. The zero-order valence-electron chi connectivity index (χ0n) is 10.9. The van der Waals surface area contributed by atoms with Gasteiger partial charge in [0.25, 0.3) is 0 Å². The van der Waals surface area contributed by atoms with Crippen LogP contribution >= 0.6 is 0 Å². The van der Waals surface area contributed by atoms with Gasteiger partial charge in [-0.05, 0) is 25.0 Å². The van der Waals surface area contributed by atoms with Crippen molar-refractivity contribution >= 4 is 5.78 Å². The van der Waals surface area contributed by atoms with Crippen molar-refractivity contribution in [2.45, 2.75) is 38.1 Å². The normalized spacial score (nSPS) is 16.4. The molecule has 1 aliphatic rings. The van der Waals surface area contributed by atoms with Crippen LogP contribution in [0.2, 0.25) is 0 Å². The molecule has 0 heterocycles. The number of carbonyl (C=O) groups excluding carboxylic acids is 1. The summed E-state index contributed by atoms with van der Waals surface area (Å²) in [5, 5.41) is 3.08. The van der Waals surface area contributed by atoms with E-state index in [-0.39, 0.29) is 18.2 Å². The lowest BCUT2D eigenvalue weighted by Crippen LogP contribution is -2.32. The number of benzene rings is 1. The molecule has 0 spiro atoms. The highest BCUT2D eigenvalue weighted by Crippen LogP contribution is 2.26. The van der Waals surface area contributed by atoms with E-state index in [2.05, 4.69) is 10.1 Å². The van der Waals surface area contributed by atoms with Crippen LogP contribution in [0.1, 0.15) is 36.0 Å². The average molecular weight is 287 g/mol. The van der Waals surface area contributed by atoms with Crippen LogP contribution in [0.5, 0.6) is 5.75 Å². The summed E-state index contributed by atoms with van der Waals surface area (Å²) < 4.78 is 40.7. The zero-order valence-corrected chi connectivity index (χ0v) is 10.9. The molecule has 0 aromatic heterocycles. The van der Waals surface area contributed by atoms with E-state index in [4.69, 9.17) is 0 Å². The third-order valence-corrected chi connectivity index (χ3v) is 3.32. The fraction of sp³-hybridized carbons (Fsp3) is 0.500. The topological polar surface area (TPSA) is 38.3 Å². The second-order valence-electron chi connectivity index (χ2n) is 4.83. The maximum Gasteiger partial charge on any atom is 0.573 e. The van der Waals surface area contributed by atoms with Crippen LogP contribution in [0.4, 0.5) is 13.2 Å². The number of nitrogens with one attached hydrogen (secondary N) is 1. The van der Waals surface area contributed by atoms with Crippen LogP contribution in [0.15, 0.2) is 24.3 Å². The van der Waals surface area contributed by atoms with Crippen molar-refractivity contribution in [2.75, 3.05) is 6.54 Å². The van der Waals surface area contributed by atoms with E-state index in [0.717, 1.165) is 31.7 Å². The molecule has 0 aliphatic heterocycles. The van der Waals surface area contributed by atoms with E-state index < -0.39 is 17.9 Å². The Morgan fingerprint density at radius 1 is 1.25 bits per heavy atom. The van der Waals surface area contributed by atoms with Crippen LogP contribution in [-0.4, -0.2) is 24.7 Å². The van der Waals surface area contributed by atoms with Gasteiger partial charge in [0, 0.05) is 6.04 Å². The van der Waals surface area contributed by atoms with Gasteiger partial charge in [0.05, 0.1) is 12.1 Å². The van der Waals surface area contributed by atoms with Gasteiger partial charge in [-0.25, -0.2) is 0 Å². The molecule has 0 radical (unpaired) electrons. The van der Waals surface area contributed by atoms with Crippen molar-refractivity contribution in [3.8, 4) is 5.75 Å². The second kappa shape index (κ2) is 6.26. The predicted octanol–water partition coefficient (Wildman–Crippen LogP) is 3.30. The number of Topliss-reactive ketones (excluding diaryl/α,β-unsaturated/α-hetero) is 1. The molecule has 1 N–H and O–H groups in total. The summed E-state index contributed by atoms with van der Waals surface area (Å²) in [6, 6.07) is 5.71. The number of halogens is 3. The van der Waals surface area contributed by atoms with Crippen molar-refractivity contribution in [1.82, 2.24) is 5.32 Å². The molecule has 3 nitrogen and oxygen atoms in total. The smallest absolute Gasteiger partial charge is 0.405 e. The van der Waals surface area contributed by atoms with E-state index in [1.807, 2.05) is 0 Å². The lowest BCUT2D eigenvalue weighted by atomic mass is 10.1. The van der Waals surface area contributed by atoms with E-state index >= 15 is 0 Å². The Hall–Kier alpha value is -1.56. The van der Waals surface area contributed by atoms with Crippen LogP contribution in [-0.2, 0) is 0 Å². The Bertz CT molecular complexity index is 468. The average Bonchev–Trinajstić information content (AvgIpc) is 2.88. The molecular weight excluding hydrogens is 271 g/mol. The summed E-state index contributed by atoms with van der Waals surface area (Å²) in [4.78, 5) is 12.0. The van der Waals surface area contributed by atoms with Crippen LogP contribution in [0.25, 0.3) is 0 Å². The summed E-state index contributed by atoms with van der Waals surface area (Å²) >= 11 is 0. The highest BCUT2D eigenvalue weighted by Gasteiger charge is 2.32. The molecule has 1 aromatic carbocycles. The van der Waals surface area contributed by atoms with Crippen molar-refractivity contribution < 1.29 is 22.7 Å². The largest absolute Gasteiger partial charge is 0.573 e. The Balaban J connectivity index is 2.01. The number of ether oxygens (including phenoxy) is 1. The third-order valence-electron chi connectivity index (χ3n) is 3.32. The van der Waals surface area contributed by atoms with Crippen molar-refractivity contribution in [3.05, 3.63) is 29.8 Å². The number of carbonyl (C=O) groups is 1. The number of para-hydroxylation sites is 1. The minimum atomic E-state index is -4.80. The number of hydrogen-bond acceptors (Lipinski definition) is 3. The summed E-state index contributed by atoms with van der Waals surface area (Å²) in [7, 11) is 0. The van der Waals surface area contributed by atoms with Gasteiger partial charge < -0.3 is 10.1 Å². The molecule has 2 rings (SSSR count). The van der Waals surface area contributed by atoms with E-state index in [0.29, 0.717) is 0 Å². The molecule has 0 amide bonds. The highest BCUT2D eigenvalue weighted by atomic mass is 19.4. The second-order valence-corrected chi connectivity index (χ2v) is 4.83. The molecule has 110 valence electrons. The third kappa shape index (κ3) is 4.23. The maximum atomic E-state index is 12.3. The van der Waals surface area contributed by atoms with Gasteiger partial charge >= 0.3 is 6.36 Å². The first-order valence-electron chi connectivity index (χ1n) is 6.57. The van der Waals surface area contributed by atoms with Crippen molar-refractivity contribution in [3.63, 3.8) is 0 Å². The lowest BCUT2D eigenvalue weighted by Gasteiger charge is -2.14. The molecule has 1 aliphatic carbocycles. The monoisotopic (exact) mass is 287 g/mol. The van der Waals surface area contributed by atoms with Gasteiger partial charge in [0.15, 0.2) is 5.78 Å². The van der Waals surface area contributed by atoms with Crippen molar-refractivity contribution in [2.24, 2.45) is 0 Å². The van der Waals surface area contributed by atoms with E-state index in [9.17, 15) is 18.0 Å². The molecule has 0 unspecified atom stereocenters. The number of rotatable bonds is 5. The summed E-state index contributed by atoms with van der Waals surface area (Å²) in [6.45, 7) is 0.0307. The van der Waals surface area contributed by atoms with Crippen molar-refractivity contribution in [1.29, 1.82) is 0 Å². The fourth-order valence-electron chi connectivity index (χ4n) is 2.37.